The Balaban J connectivity index is 1.36. The number of aryl methyl sites for hydroxylation is 2. The number of carbonyl (C=O) groups is 1. The fourth-order valence-electron chi connectivity index (χ4n) is 3.48. The predicted octanol–water partition coefficient (Wildman–Crippen LogP) is 2.46. The molecule has 1 saturated heterocycles. The molecular weight excluding hydrogens is 350 g/mol. The number of rotatable bonds is 6. The van der Waals surface area contributed by atoms with Gasteiger partial charge in [0, 0.05) is 12.3 Å². The Labute approximate surface area is 156 Å². The van der Waals surface area contributed by atoms with E-state index in [1.165, 1.54) is 29.3 Å². The van der Waals surface area contributed by atoms with E-state index in [9.17, 15) is 4.79 Å². The predicted molar refractivity (Wildman–Crippen MR) is 99.2 cm³/mol. The van der Waals surface area contributed by atoms with Gasteiger partial charge in [-0.1, -0.05) is 17.8 Å². The molecule has 1 aliphatic carbocycles. The Hall–Kier alpha value is -1.93. The summed E-state index contributed by atoms with van der Waals surface area (Å²) in [5, 5.41) is 15.2. The van der Waals surface area contributed by atoms with Crippen LogP contribution in [0.4, 0.5) is 5.69 Å². The van der Waals surface area contributed by atoms with E-state index in [0.29, 0.717) is 11.7 Å². The molecule has 26 heavy (non-hydrogen) atoms. The fraction of sp³-hybridized carbons (Fsp3) is 0.556. The smallest absolute Gasteiger partial charge is 0.237 e. The molecule has 0 bridgehead atoms. The quantitative estimate of drug-likeness (QED) is 0.784. The molecule has 1 aliphatic heterocycles. The van der Waals surface area contributed by atoms with E-state index in [1.54, 1.807) is 4.68 Å². The van der Waals surface area contributed by atoms with Crippen molar-refractivity contribution in [2.75, 3.05) is 11.9 Å². The maximum Gasteiger partial charge on any atom is 0.237 e. The van der Waals surface area contributed by atoms with Gasteiger partial charge < -0.3 is 10.1 Å². The van der Waals surface area contributed by atoms with Crippen LogP contribution in [0, 0.1) is 0 Å². The highest BCUT2D eigenvalue weighted by Gasteiger charge is 2.22. The zero-order valence-corrected chi connectivity index (χ0v) is 15.7. The minimum absolute atomic E-state index is 0.0420. The number of aromatic nitrogens is 4. The number of ether oxygens (including phenoxy) is 1. The van der Waals surface area contributed by atoms with E-state index < -0.39 is 0 Å². The van der Waals surface area contributed by atoms with Crippen LogP contribution in [0.3, 0.4) is 0 Å². The lowest BCUT2D eigenvalue weighted by Gasteiger charge is -2.14. The summed E-state index contributed by atoms with van der Waals surface area (Å²) in [7, 11) is 0. The van der Waals surface area contributed by atoms with Crippen LogP contribution in [0.1, 0.15) is 37.3 Å². The van der Waals surface area contributed by atoms with Crippen LogP contribution in [0.2, 0.25) is 0 Å². The van der Waals surface area contributed by atoms with Crippen molar-refractivity contribution < 1.29 is 9.53 Å². The van der Waals surface area contributed by atoms with Crippen LogP contribution in [0.15, 0.2) is 23.4 Å². The minimum atomic E-state index is -0.294. The summed E-state index contributed by atoms with van der Waals surface area (Å²) in [5.74, 6) is -0.0420. The highest BCUT2D eigenvalue weighted by Crippen LogP contribution is 2.26. The number of benzene rings is 1. The molecule has 138 valence electrons. The number of anilines is 1. The number of carbonyl (C=O) groups excluding carboxylic acids is 1. The molecular formula is C18H23N5O2S. The van der Waals surface area contributed by atoms with Crippen molar-refractivity contribution >= 4 is 23.4 Å². The van der Waals surface area contributed by atoms with Crippen LogP contribution in [0.5, 0.6) is 0 Å². The molecule has 1 amide bonds. The number of fused-ring (bicyclic) bond motifs is 1. The van der Waals surface area contributed by atoms with Crippen molar-refractivity contribution in [3.63, 3.8) is 0 Å². The molecule has 0 saturated carbocycles. The lowest BCUT2D eigenvalue weighted by molar-refractivity contribution is -0.115. The second-order valence-electron chi connectivity index (χ2n) is 6.86. The van der Waals surface area contributed by atoms with E-state index in [4.69, 9.17) is 4.74 Å². The van der Waals surface area contributed by atoms with Crippen LogP contribution >= 0.6 is 11.8 Å². The van der Waals surface area contributed by atoms with Gasteiger partial charge in [-0.15, -0.1) is 5.10 Å². The number of hydrogen-bond donors (Lipinski definition) is 1. The van der Waals surface area contributed by atoms with Gasteiger partial charge in [-0.2, -0.15) is 0 Å². The minimum Gasteiger partial charge on any atom is -0.376 e. The van der Waals surface area contributed by atoms with Gasteiger partial charge in [-0.3, -0.25) is 4.79 Å². The van der Waals surface area contributed by atoms with E-state index in [2.05, 4.69) is 33.0 Å². The Morgan fingerprint density at radius 1 is 1.38 bits per heavy atom. The zero-order valence-electron chi connectivity index (χ0n) is 14.9. The van der Waals surface area contributed by atoms with Crippen LogP contribution in [-0.2, 0) is 28.9 Å². The van der Waals surface area contributed by atoms with Crippen molar-refractivity contribution in [1.82, 2.24) is 20.2 Å². The third-order valence-corrected chi connectivity index (χ3v) is 5.99. The summed E-state index contributed by atoms with van der Waals surface area (Å²) in [6.07, 6.45) is 5.71. The lowest BCUT2D eigenvalue weighted by atomic mass is 10.1. The molecule has 8 heteroatoms. The number of tetrazole rings is 1. The normalized spacial score (nSPS) is 20.1. The number of amides is 1. The molecule has 4 rings (SSSR count). The number of hydrogen-bond acceptors (Lipinski definition) is 6. The maximum atomic E-state index is 12.6. The van der Waals surface area contributed by atoms with Gasteiger partial charge >= 0.3 is 0 Å². The highest BCUT2D eigenvalue weighted by atomic mass is 32.2. The third kappa shape index (κ3) is 3.91. The lowest BCUT2D eigenvalue weighted by Crippen LogP contribution is -2.23. The van der Waals surface area contributed by atoms with Gasteiger partial charge in [-0.05, 0) is 72.7 Å². The molecule has 2 aliphatic rings. The van der Waals surface area contributed by atoms with Crippen LogP contribution < -0.4 is 5.32 Å². The van der Waals surface area contributed by atoms with Crippen LogP contribution in [0.25, 0.3) is 0 Å². The number of nitrogens with one attached hydrogen (secondary N) is 1. The second-order valence-corrected chi connectivity index (χ2v) is 8.17. The molecule has 1 aromatic carbocycles. The molecule has 2 atom stereocenters. The first-order chi connectivity index (χ1) is 12.7. The van der Waals surface area contributed by atoms with Crippen LogP contribution in [-0.4, -0.2) is 44.1 Å². The average molecular weight is 373 g/mol. The largest absolute Gasteiger partial charge is 0.376 e. The van der Waals surface area contributed by atoms with Crippen molar-refractivity contribution in [2.45, 2.75) is 62.1 Å². The topological polar surface area (TPSA) is 81.9 Å². The Bertz CT molecular complexity index is 788. The Kier molecular flexibility index (Phi) is 5.21. The molecule has 2 aromatic rings. The van der Waals surface area contributed by atoms with E-state index in [0.717, 1.165) is 38.0 Å². The third-order valence-electron chi connectivity index (χ3n) is 4.92. The SMILES string of the molecule is CC(Sc1nnnn1CC1CCCO1)C(=O)Nc1ccc2c(c1)CCC2. The summed E-state index contributed by atoms with van der Waals surface area (Å²) in [6, 6.07) is 6.21. The summed E-state index contributed by atoms with van der Waals surface area (Å²) < 4.78 is 7.38. The van der Waals surface area contributed by atoms with Crippen molar-refractivity contribution in [1.29, 1.82) is 0 Å². The first-order valence-corrected chi connectivity index (χ1v) is 10.0. The van der Waals surface area contributed by atoms with Crippen molar-refractivity contribution in [3.8, 4) is 0 Å². The van der Waals surface area contributed by atoms with Gasteiger partial charge in [0.05, 0.1) is 17.9 Å². The first-order valence-electron chi connectivity index (χ1n) is 9.16. The van der Waals surface area contributed by atoms with Gasteiger partial charge in [0.1, 0.15) is 0 Å². The molecule has 1 fully saturated rings. The molecule has 1 N–H and O–H groups in total. The fourth-order valence-corrected chi connectivity index (χ4v) is 4.28. The Morgan fingerprint density at radius 2 is 2.27 bits per heavy atom. The van der Waals surface area contributed by atoms with Gasteiger partial charge in [0.15, 0.2) is 0 Å². The zero-order chi connectivity index (χ0) is 17.9. The maximum absolute atomic E-state index is 12.6. The molecule has 2 unspecified atom stereocenters. The summed E-state index contributed by atoms with van der Waals surface area (Å²) in [4.78, 5) is 12.6. The van der Waals surface area contributed by atoms with Crippen molar-refractivity contribution in [2.24, 2.45) is 0 Å². The number of thioether (sulfide) groups is 1. The summed E-state index contributed by atoms with van der Waals surface area (Å²) in [5.41, 5.74) is 3.62. The highest BCUT2D eigenvalue weighted by molar-refractivity contribution is 8.00. The molecule has 1 aromatic heterocycles. The van der Waals surface area contributed by atoms with Gasteiger partial charge in [-0.25, -0.2) is 4.68 Å². The first kappa shape index (κ1) is 17.5. The monoisotopic (exact) mass is 373 g/mol. The summed E-state index contributed by atoms with van der Waals surface area (Å²) in [6.45, 7) is 3.31. The standard InChI is InChI=1S/C18H23N5O2S/c1-12(17(24)19-15-8-7-13-4-2-5-14(13)10-15)26-18-20-21-22-23(18)11-16-6-3-9-25-16/h7-8,10,12,16H,2-6,9,11H2,1H3,(H,19,24). The molecule has 2 heterocycles. The van der Waals surface area contributed by atoms with Crippen molar-refractivity contribution in [3.05, 3.63) is 29.3 Å². The Morgan fingerprint density at radius 3 is 3.12 bits per heavy atom. The van der Waals surface area contributed by atoms with Gasteiger partial charge in [0.2, 0.25) is 11.1 Å². The molecule has 0 radical (unpaired) electrons. The number of nitrogens with zero attached hydrogens (tertiary/aromatic N) is 4. The van der Waals surface area contributed by atoms with Gasteiger partial charge in [0.25, 0.3) is 0 Å². The van der Waals surface area contributed by atoms with E-state index >= 15 is 0 Å². The summed E-state index contributed by atoms with van der Waals surface area (Å²) >= 11 is 1.37. The van der Waals surface area contributed by atoms with E-state index in [1.807, 2.05) is 13.0 Å². The molecule has 0 spiro atoms. The average Bonchev–Trinajstić information content (AvgIpc) is 3.37. The van der Waals surface area contributed by atoms with E-state index in [-0.39, 0.29) is 17.3 Å². The second kappa shape index (κ2) is 7.75. The molecule has 7 nitrogen and oxygen atoms in total.